The lowest BCUT2D eigenvalue weighted by Gasteiger charge is -1.96. The van der Waals surface area contributed by atoms with Crippen molar-refractivity contribution in [3.63, 3.8) is 0 Å². The Morgan fingerprint density at radius 3 is 2.36 bits per heavy atom. The Kier molecular flexibility index (Phi) is 2.09. The third-order valence-corrected chi connectivity index (χ3v) is 1.23. The zero-order valence-electron chi connectivity index (χ0n) is 6.44. The molecule has 4 nitrogen and oxygen atoms in total. The van der Waals surface area contributed by atoms with Crippen LogP contribution < -0.4 is 0 Å². The van der Waals surface area contributed by atoms with Crippen molar-refractivity contribution in [1.82, 2.24) is 4.98 Å². The van der Waals surface area contributed by atoms with Gasteiger partial charge in [0.15, 0.2) is 0 Å². The fourth-order valence-corrected chi connectivity index (χ4v) is 0.922. The van der Waals surface area contributed by atoms with Crippen molar-refractivity contribution < 1.29 is 0 Å². The van der Waals surface area contributed by atoms with E-state index in [4.69, 9.17) is 5.53 Å². The SMILES string of the molecule is Cc1cc(N=[N+]=[N-])cc(C)n1. The molecule has 1 aromatic rings. The summed E-state index contributed by atoms with van der Waals surface area (Å²) in [6.07, 6.45) is 0. The van der Waals surface area contributed by atoms with Crippen LogP contribution in [-0.2, 0) is 0 Å². The molecular formula is C7H8N4. The number of pyridine rings is 1. The lowest BCUT2D eigenvalue weighted by molar-refractivity contribution is 1.12. The van der Waals surface area contributed by atoms with Crippen LogP contribution in [0.5, 0.6) is 0 Å². The van der Waals surface area contributed by atoms with Crippen LogP contribution in [-0.4, -0.2) is 4.98 Å². The first-order chi connectivity index (χ1) is 5.22. The molecule has 0 saturated heterocycles. The molecule has 0 aliphatic carbocycles. The van der Waals surface area contributed by atoms with Crippen LogP contribution >= 0.6 is 0 Å². The third kappa shape index (κ3) is 1.95. The standard InChI is InChI=1S/C7H8N4/c1-5-3-7(10-11-8)4-6(2)9-5/h3-4H,1-2H3. The Morgan fingerprint density at radius 1 is 1.36 bits per heavy atom. The quantitative estimate of drug-likeness (QED) is 0.343. The van der Waals surface area contributed by atoms with Gasteiger partial charge in [-0.2, -0.15) is 0 Å². The fraction of sp³-hybridized carbons (Fsp3) is 0.286. The molecule has 0 aliphatic rings. The maximum absolute atomic E-state index is 8.14. The molecule has 0 N–H and O–H groups in total. The van der Waals surface area contributed by atoms with Gasteiger partial charge in [-0.15, -0.1) is 0 Å². The molecule has 0 radical (unpaired) electrons. The van der Waals surface area contributed by atoms with E-state index in [1.54, 1.807) is 12.1 Å². The molecule has 1 aromatic heterocycles. The lowest BCUT2D eigenvalue weighted by atomic mass is 10.3. The average molecular weight is 148 g/mol. The summed E-state index contributed by atoms with van der Waals surface area (Å²) in [5.74, 6) is 0. The van der Waals surface area contributed by atoms with Gasteiger partial charge in [0.2, 0.25) is 0 Å². The monoisotopic (exact) mass is 148 g/mol. The predicted molar refractivity (Wildman–Crippen MR) is 42.5 cm³/mol. The summed E-state index contributed by atoms with van der Waals surface area (Å²) in [7, 11) is 0. The van der Waals surface area contributed by atoms with Gasteiger partial charge < -0.3 is 0 Å². The van der Waals surface area contributed by atoms with Crippen LogP contribution in [0.3, 0.4) is 0 Å². The van der Waals surface area contributed by atoms with Gasteiger partial charge in [-0.05, 0) is 31.5 Å². The van der Waals surface area contributed by atoms with E-state index in [1.165, 1.54) is 0 Å². The Morgan fingerprint density at radius 2 is 1.91 bits per heavy atom. The van der Waals surface area contributed by atoms with E-state index in [2.05, 4.69) is 15.0 Å². The Hall–Kier alpha value is -1.54. The Labute approximate surface area is 64.5 Å². The van der Waals surface area contributed by atoms with Crippen LogP contribution in [0.15, 0.2) is 17.2 Å². The smallest absolute Gasteiger partial charge is 0.0411 e. The van der Waals surface area contributed by atoms with Crippen molar-refractivity contribution in [2.75, 3.05) is 0 Å². The van der Waals surface area contributed by atoms with Gasteiger partial charge >= 0.3 is 0 Å². The van der Waals surface area contributed by atoms with Crippen LogP contribution in [0.4, 0.5) is 5.69 Å². The van der Waals surface area contributed by atoms with E-state index in [1.807, 2.05) is 13.8 Å². The highest BCUT2D eigenvalue weighted by molar-refractivity contribution is 5.38. The van der Waals surface area contributed by atoms with Gasteiger partial charge in [-0.1, -0.05) is 5.11 Å². The number of azide groups is 1. The molecule has 1 heterocycles. The summed E-state index contributed by atoms with van der Waals surface area (Å²) in [6, 6.07) is 3.49. The maximum Gasteiger partial charge on any atom is 0.0411 e. The van der Waals surface area contributed by atoms with E-state index in [-0.39, 0.29) is 0 Å². The lowest BCUT2D eigenvalue weighted by Crippen LogP contribution is -1.83. The van der Waals surface area contributed by atoms with Crippen LogP contribution in [0.1, 0.15) is 11.4 Å². The van der Waals surface area contributed by atoms with E-state index in [0.29, 0.717) is 5.69 Å². The van der Waals surface area contributed by atoms with Crippen LogP contribution in [0, 0.1) is 13.8 Å². The van der Waals surface area contributed by atoms with Gasteiger partial charge in [-0.3, -0.25) is 4.98 Å². The molecular weight excluding hydrogens is 140 g/mol. The Bertz CT molecular complexity index is 292. The van der Waals surface area contributed by atoms with Crippen LogP contribution in [0.25, 0.3) is 10.4 Å². The van der Waals surface area contributed by atoms with Crippen molar-refractivity contribution in [1.29, 1.82) is 0 Å². The highest BCUT2D eigenvalue weighted by Gasteiger charge is 1.92. The molecule has 0 amide bonds. The molecule has 0 unspecified atom stereocenters. The van der Waals surface area contributed by atoms with Crippen molar-refractivity contribution in [2.45, 2.75) is 13.8 Å². The normalized spacial score (nSPS) is 8.91. The topological polar surface area (TPSA) is 61.7 Å². The van der Waals surface area contributed by atoms with E-state index < -0.39 is 0 Å². The number of aryl methyl sites for hydroxylation is 2. The van der Waals surface area contributed by atoms with Crippen molar-refractivity contribution >= 4 is 5.69 Å². The molecule has 1 rings (SSSR count). The number of hydrogen-bond acceptors (Lipinski definition) is 2. The number of aromatic nitrogens is 1. The number of hydrogen-bond donors (Lipinski definition) is 0. The van der Waals surface area contributed by atoms with E-state index in [9.17, 15) is 0 Å². The van der Waals surface area contributed by atoms with Gasteiger partial charge in [0.05, 0.1) is 0 Å². The third-order valence-electron chi connectivity index (χ3n) is 1.23. The summed E-state index contributed by atoms with van der Waals surface area (Å²) in [5.41, 5.74) is 10.5. The van der Waals surface area contributed by atoms with Gasteiger partial charge in [0.1, 0.15) is 0 Å². The molecule has 0 saturated carbocycles. The highest BCUT2D eigenvalue weighted by Crippen LogP contribution is 2.13. The minimum atomic E-state index is 0.623. The summed E-state index contributed by atoms with van der Waals surface area (Å²) in [5, 5.41) is 3.47. The van der Waals surface area contributed by atoms with E-state index in [0.717, 1.165) is 11.4 Å². The summed E-state index contributed by atoms with van der Waals surface area (Å²) < 4.78 is 0. The summed E-state index contributed by atoms with van der Waals surface area (Å²) >= 11 is 0. The zero-order chi connectivity index (χ0) is 8.27. The molecule has 56 valence electrons. The average Bonchev–Trinajstić information content (AvgIpc) is 1.85. The first kappa shape index (κ1) is 7.57. The van der Waals surface area contributed by atoms with Gasteiger partial charge in [0, 0.05) is 22.0 Å². The van der Waals surface area contributed by atoms with Crippen molar-refractivity contribution in [3.05, 3.63) is 34.0 Å². The minimum absolute atomic E-state index is 0.623. The largest absolute Gasteiger partial charge is 0.258 e. The summed E-state index contributed by atoms with van der Waals surface area (Å²) in [6.45, 7) is 3.73. The minimum Gasteiger partial charge on any atom is -0.258 e. The molecule has 0 atom stereocenters. The zero-order valence-corrected chi connectivity index (χ0v) is 6.44. The Balaban J connectivity index is 3.18. The number of rotatable bonds is 1. The molecule has 0 aromatic carbocycles. The molecule has 0 spiro atoms. The second-order valence-electron chi connectivity index (χ2n) is 2.30. The molecule has 0 bridgehead atoms. The molecule has 11 heavy (non-hydrogen) atoms. The second kappa shape index (κ2) is 3.03. The van der Waals surface area contributed by atoms with Gasteiger partial charge in [0.25, 0.3) is 0 Å². The fourth-order valence-electron chi connectivity index (χ4n) is 0.922. The maximum atomic E-state index is 8.14. The first-order valence-electron chi connectivity index (χ1n) is 3.23. The van der Waals surface area contributed by atoms with Gasteiger partial charge in [-0.25, -0.2) is 0 Å². The number of nitrogens with zero attached hydrogens (tertiary/aromatic N) is 4. The highest BCUT2D eigenvalue weighted by atomic mass is 15.1. The predicted octanol–water partition coefficient (Wildman–Crippen LogP) is 2.64. The molecule has 0 fully saturated rings. The molecule has 4 heteroatoms. The van der Waals surface area contributed by atoms with Crippen molar-refractivity contribution in [2.24, 2.45) is 5.11 Å². The van der Waals surface area contributed by atoms with Crippen molar-refractivity contribution in [3.8, 4) is 0 Å². The summed E-state index contributed by atoms with van der Waals surface area (Å²) in [4.78, 5) is 6.82. The second-order valence-corrected chi connectivity index (χ2v) is 2.30. The van der Waals surface area contributed by atoms with Crippen LogP contribution in [0.2, 0.25) is 0 Å². The first-order valence-corrected chi connectivity index (χ1v) is 3.23. The van der Waals surface area contributed by atoms with E-state index >= 15 is 0 Å². The molecule has 0 aliphatic heterocycles.